The zero-order valence-electron chi connectivity index (χ0n) is 18.6. The van der Waals surface area contributed by atoms with Crippen molar-refractivity contribution < 1.29 is 24.3 Å². The largest absolute Gasteiger partial charge is 0.477 e. The number of anilines is 1. The number of aromatic nitrogens is 3. The van der Waals surface area contributed by atoms with E-state index in [0.717, 1.165) is 22.4 Å². The number of nitrogen functional groups attached to an aromatic ring is 1. The number of thiazole rings is 1. The molecule has 0 saturated carbocycles. The van der Waals surface area contributed by atoms with Crippen molar-refractivity contribution in [3.8, 4) is 0 Å². The van der Waals surface area contributed by atoms with Crippen LogP contribution in [0.5, 0.6) is 0 Å². The molecule has 186 valence electrons. The topological polar surface area (TPSA) is 176 Å². The lowest BCUT2D eigenvalue weighted by Gasteiger charge is -2.49. The molecule has 2 aliphatic heterocycles. The van der Waals surface area contributed by atoms with Crippen LogP contribution in [-0.4, -0.2) is 78.5 Å². The second-order valence-electron chi connectivity index (χ2n) is 7.66. The summed E-state index contributed by atoms with van der Waals surface area (Å²) in [7, 11) is 1.28. The number of carboxylic acid groups (broad SMARTS) is 1. The molecular formula is C21H19N7O5S3. The van der Waals surface area contributed by atoms with Crippen LogP contribution in [0.2, 0.25) is 0 Å². The van der Waals surface area contributed by atoms with Gasteiger partial charge in [-0.3, -0.25) is 14.5 Å². The number of amides is 2. The van der Waals surface area contributed by atoms with Gasteiger partial charge in [0.2, 0.25) is 0 Å². The van der Waals surface area contributed by atoms with Gasteiger partial charge in [-0.25, -0.2) is 14.8 Å². The highest BCUT2D eigenvalue weighted by Crippen LogP contribution is 2.41. The van der Waals surface area contributed by atoms with Crippen molar-refractivity contribution >= 4 is 74.5 Å². The fraction of sp³-hybridized carbons (Fsp3) is 0.238. The lowest BCUT2D eigenvalue weighted by Crippen LogP contribution is -2.71. The Bertz CT molecular complexity index is 1400. The molecule has 1 saturated heterocycles. The number of nitrogens with zero attached hydrogens (tertiary/aromatic N) is 4. The van der Waals surface area contributed by atoms with Gasteiger partial charge in [-0.1, -0.05) is 29.1 Å². The van der Waals surface area contributed by atoms with Crippen molar-refractivity contribution in [1.29, 1.82) is 0 Å². The van der Waals surface area contributed by atoms with Gasteiger partial charge in [0.05, 0.1) is 11.0 Å². The molecule has 0 bridgehead atoms. The molecule has 0 radical (unpaired) electrons. The highest BCUT2D eigenvalue weighted by molar-refractivity contribution is 8.01. The van der Waals surface area contributed by atoms with Gasteiger partial charge >= 0.3 is 5.97 Å². The number of aromatic amines is 1. The molecule has 0 unspecified atom stereocenters. The molecule has 4 heterocycles. The van der Waals surface area contributed by atoms with Crippen LogP contribution in [0, 0.1) is 0 Å². The normalized spacial score (nSPS) is 19.8. The second kappa shape index (κ2) is 9.83. The quantitative estimate of drug-likeness (QED) is 0.140. The van der Waals surface area contributed by atoms with Crippen LogP contribution in [0.25, 0.3) is 11.0 Å². The number of H-pyrrole nitrogens is 1. The van der Waals surface area contributed by atoms with E-state index in [4.69, 9.17) is 10.6 Å². The number of thioether (sulfide) groups is 2. The van der Waals surface area contributed by atoms with E-state index in [1.165, 1.54) is 35.5 Å². The van der Waals surface area contributed by atoms with Gasteiger partial charge in [0.25, 0.3) is 11.8 Å². The molecule has 0 aliphatic carbocycles. The number of carbonyl (C=O) groups is 3. The van der Waals surface area contributed by atoms with E-state index in [0.29, 0.717) is 22.2 Å². The van der Waals surface area contributed by atoms with Gasteiger partial charge < -0.3 is 26.0 Å². The smallest absolute Gasteiger partial charge is 0.352 e. The van der Waals surface area contributed by atoms with Crippen molar-refractivity contribution in [2.75, 3.05) is 24.3 Å². The van der Waals surface area contributed by atoms with Gasteiger partial charge in [-0.2, -0.15) is 0 Å². The Hall–Kier alpha value is -3.56. The van der Waals surface area contributed by atoms with E-state index in [1.807, 2.05) is 24.3 Å². The Kier molecular flexibility index (Phi) is 6.59. The van der Waals surface area contributed by atoms with Crippen LogP contribution in [0.1, 0.15) is 5.69 Å². The summed E-state index contributed by atoms with van der Waals surface area (Å²) in [6.45, 7) is 0. The maximum Gasteiger partial charge on any atom is 0.352 e. The molecule has 2 atom stereocenters. The zero-order chi connectivity index (χ0) is 25.4. The molecule has 2 aliphatic rings. The first-order valence-electron chi connectivity index (χ1n) is 10.5. The number of β-lactam (4-membered cyclic amide) rings is 1. The first kappa shape index (κ1) is 24.1. The monoisotopic (exact) mass is 545 g/mol. The van der Waals surface area contributed by atoms with E-state index in [2.05, 4.69) is 25.4 Å². The number of para-hydroxylation sites is 2. The Morgan fingerprint density at radius 2 is 2.19 bits per heavy atom. The number of nitrogens with one attached hydrogen (secondary N) is 2. The minimum absolute atomic E-state index is 0.0593. The molecule has 2 aromatic heterocycles. The number of hydrogen-bond donors (Lipinski definition) is 4. The molecule has 36 heavy (non-hydrogen) atoms. The SMILES string of the molecule is CON=C(C(=O)N[C@@H]1C(=O)N2C(C(=O)O)=C(CSc3nc4ccccc4[nH]3)CS[C@@H]12)c1csc(N)n1. The first-order valence-corrected chi connectivity index (χ1v) is 13.4. The third-order valence-electron chi connectivity index (χ3n) is 5.45. The summed E-state index contributed by atoms with van der Waals surface area (Å²) in [6.07, 6.45) is 0. The highest BCUT2D eigenvalue weighted by atomic mass is 32.2. The van der Waals surface area contributed by atoms with Crippen LogP contribution >= 0.6 is 34.9 Å². The minimum atomic E-state index is -1.20. The number of rotatable bonds is 8. The molecule has 1 aromatic carbocycles. The molecule has 1 fully saturated rings. The number of carbonyl (C=O) groups excluding carboxylic acids is 2. The van der Waals surface area contributed by atoms with Crippen molar-refractivity contribution in [3.63, 3.8) is 0 Å². The Morgan fingerprint density at radius 1 is 1.39 bits per heavy atom. The van der Waals surface area contributed by atoms with Crippen molar-refractivity contribution in [2.45, 2.75) is 16.6 Å². The molecule has 2 amide bonds. The highest BCUT2D eigenvalue weighted by Gasteiger charge is 2.54. The maximum absolute atomic E-state index is 13.0. The summed E-state index contributed by atoms with van der Waals surface area (Å²) < 4.78 is 0. The minimum Gasteiger partial charge on any atom is -0.477 e. The molecular weight excluding hydrogens is 526 g/mol. The summed E-state index contributed by atoms with van der Waals surface area (Å²) in [4.78, 5) is 55.7. The maximum atomic E-state index is 13.0. The van der Waals surface area contributed by atoms with E-state index in [-0.39, 0.29) is 22.2 Å². The Labute approximate surface area is 216 Å². The number of fused-ring (bicyclic) bond motifs is 2. The first-order chi connectivity index (χ1) is 17.4. The molecule has 15 heteroatoms. The molecule has 12 nitrogen and oxygen atoms in total. The number of aliphatic carboxylic acids is 1. The third-order valence-corrected chi connectivity index (χ3v) is 8.42. The number of hydrogen-bond acceptors (Lipinski definition) is 11. The summed E-state index contributed by atoms with van der Waals surface area (Å²) in [5.41, 5.74) is 7.98. The lowest BCUT2D eigenvalue weighted by molar-refractivity contribution is -0.150. The zero-order valence-corrected chi connectivity index (χ0v) is 21.1. The molecule has 0 spiro atoms. The summed E-state index contributed by atoms with van der Waals surface area (Å²) >= 11 is 3.88. The van der Waals surface area contributed by atoms with E-state index >= 15 is 0 Å². The average molecular weight is 546 g/mol. The Balaban J connectivity index is 1.31. The van der Waals surface area contributed by atoms with Crippen molar-refractivity contribution in [3.05, 3.63) is 46.6 Å². The number of nitrogens with two attached hydrogens (primary N) is 1. The van der Waals surface area contributed by atoms with E-state index in [9.17, 15) is 19.5 Å². The third kappa shape index (κ3) is 4.40. The van der Waals surface area contributed by atoms with E-state index in [1.54, 1.807) is 5.38 Å². The predicted molar refractivity (Wildman–Crippen MR) is 137 cm³/mol. The number of carboxylic acids is 1. The Morgan fingerprint density at radius 3 is 2.89 bits per heavy atom. The van der Waals surface area contributed by atoms with Gasteiger partial charge in [-0.15, -0.1) is 23.1 Å². The summed E-state index contributed by atoms with van der Waals surface area (Å²) in [5.74, 6) is -1.65. The summed E-state index contributed by atoms with van der Waals surface area (Å²) in [5, 5.41) is 18.2. The number of oxime groups is 1. The second-order valence-corrected chi connectivity index (χ2v) is 10.6. The van der Waals surface area contributed by atoms with Crippen molar-refractivity contribution in [2.24, 2.45) is 5.16 Å². The van der Waals surface area contributed by atoms with Crippen LogP contribution < -0.4 is 11.1 Å². The fourth-order valence-electron chi connectivity index (χ4n) is 3.85. The molecule has 5 rings (SSSR count). The molecule has 3 aromatic rings. The van der Waals surface area contributed by atoms with Crippen LogP contribution in [-0.2, 0) is 19.2 Å². The van der Waals surface area contributed by atoms with Gasteiger partial charge in [0.15, 0.2) is 16.0 Å². The standard InChI is InChI=1S/C21H19N7O5S3/c1-33-27-13(12-8-35-20(22)23-12)16(29)26-14-17(30)28-15(19(31)32)9(6-34-18(14)28)7-36-21-24-10-4-2-3-5-11(10)25-21/h2-5,8,14,18H,6-7H2,1H3,(H2,22,23)(H,24,25)(H,26,29)(H,31,32)/t14-,18+/m1/s1. The van der Waals surface area contributed by atoms with Crippen LogP contribution in [0.4, 0.5) is 5.13 Å². The fourth-order valence-corrected chi connectivity index (χ4v) is 6.77. The van der Waals surface area contributed by atoms with Gasteiger partial charge in [-0.05, 0) is 17.7 Å². The van der Waals surface area contributed by atoms with Gasteiger partial charge in [0.1, 0.15) is 29.9 Å². The number of imidazole rings is 1. The average Bonchev–Trinajstić information content (AvgIpc) is 3.49. The van der Waals surface area contributed by atoms with Crippen LogP contribution in [0.15, 0.2) is 51.2 Å². The predicted octanol–water partition coefficient (Wildman–Crippen LogP) is 1.48. The summed E-state index contributed by atoms with van der Waals surface area (Å²) in [6, 6.07) is 6.67. The number of benzene rings is 1. The van der Waals surface area contributed by atoms with Crippen molar-refractivity contribution in [1.82, 2.24) is 25.2 Å². The van der Waals surface area contributed by atoms with Gasteiger partial charge in [0, 0.05) is 16.9 Å². The van der Waals surface area contributed by atoms with Crippen LogP contribution in [0.3, 0.4) is 0 Å². The molecule has 5 N–H and O–H groups in total. The lowest BCUT2D eigenvalue weighted by atomic mass is 10.0. The van der Waals surface area contributed by atoms with E-state index < -0.39 is 29.2 Å².